The van der Waals surface area contributed by atoms with Crippen LogP contribution in [0.4, 0.5) is 0 Å². The fourth-order valence-corrected chi connectivity index (χ4v) is 2.95. The molecule has 1 aromatic rings. The van der Waals surface area contributed by atoms with Gasteiger partial charge in [0.25, 0.3) is 0 Å². The van der Waals surface area contributed by atoms with Crippen molar-refractivity contribution >= 4 is 17.8 Å². The Hall–Kier alpha value is -2.37. The minimum atomic E-state index is -0.887. The van der Waals surface area contributed by atoms with Crippen LogP contribution in [0.3, 0.4) is 0 Å². The number of nitrogens with one attached hydrogen (secondary N) is 1. The lowest BCUT2D eigenvalue weighted by molar-refractivity contribution is -0.142. The number of benzene rings is 1. The van der Waals surface area contributed by atoms with Gasteiger partial charge in [0, 0.05) is 25.9 Å². The van der Waals surface area contributed by atoms with Gasteiger partial charge < -0.3 is 15.3 Å². The summed E-state index contributed by atoms with van der Waals surface area (Å²) in [4.78, 5) is 37.4. The molecule has 2 atom stereocenters. The van der Waals surface area contributed by atoms with Gasteiger partial charge in [0.15, 0.2) is 0 Å². The van der Waals surface area contributed by atoms with E-state index in [2.05, 4.69) is 5.32 Å². The van der Waals surface area contributed by atoms with Crippen molar-refractivity contribution in [3.8, 4) is 0 Å². The first-order valence-electron chi connectivity index (χ1n) is 8.33. The van der Waals surface area contributed by atoms with Gasteiger partial charge in [0.1, 0.15) is 6.04 Å². The molecular formula is C18H24N2O4. The second kappa shape index (κ2) is 8.47. The highest BCUT2D eigenvalue weighted by Crippen LogP contribution is 2.25. The summed E-state index contributed by atoms with van der Waals surface area (Å²) in [5.74, 6) is -1.32. The summed E-state index contributed by atoms with van der Waals surface area (Å²) in [5, 5.41) is 11.6. The molecule has 2 rings (SSSR count). The van der Waals surface area contributed by atoms with E-state index >= 15 is 0 Å². The monoisotopic (exact) mass is 332 g/mol. The summed E-state index contributed by atoms with van der Waals surface area (Å²) in [6.45, 7) is 2.62. The van der Waals surface area contributed by atoms with E-state index in [1.165, 1.54) is 0 Å². The molecule has 2 N–H and O–H groups in total. The third-order valence-electron chi connectivity index (χ3n) is 4.18. The average Bonchev–Trinajstić information content (AvgIpc) is 2.55. The normalized spacial score (nSPS) is 17.2. The molecule has 6 heteroatoms. The molecule has 0 bridgehead atoms. The van der Waals surface area contributed by atoms with Crippen LogP contribution in [-0.4, -0.2) is 40.9 Å². The lowest BCUT2D eigenvalue weighted by Gasteiger charge is -2.34. The average molecular weight is 332 g/mol. The van der Waals surface area contributed by atoms with Crippen molar-refractivity contribution in [3.63, 3.8) is 0 Å². The van der Waals surface area contributed by atoms with E-state index in [1.807, 2.05) is 30.3 Å². The van der Waals surface area contributed by atoms with E-state index in [-0.39, 0.29) is 30.7 Å². The molecule has 1 aliphatic rings. The van der Waals surface area contributed by atoms with Gasteiger partial charge >= 0.3 is 5.97 Å². The van der Waals surface area contributed by atoms with Crippen LogP contribution in [0.2, 0.25) is 0 Å². The van der Waals surface area contributed by atoms with E-state index in [9.17, 15) is 14.4 Å². The van der Waals surface area contributed by atoms with Gasteiger partial charge in [0.05, 0.1) is 0 Å². The topological polar surface area (TPSA) is 86.7 Å². The Balaban J connectivity index is 2.12. The lowest BCUT2D eigenvalue weighted by Crippen LogP contribution is -2.46. The smallest absolute Gasteiger partial charge is 0.303 e. The number of piperidine rings is 1. The molecule has 1 aliphatic heterocycles. The first-order valence-corrected chi connectivity index (χ1v) is 8.33. The molecule has 0 radical (unpaired) electrons. The van der Waals surface area contributed by atoms with Crippen molar-refractivity contribution in [3.05, 3.63) is 35.9 Å². The molecule has 0 aromatic heterocycles. The Kier molecular flexibility index (Phi) is 6.35. The van der Waals surface area contributed by atoms with Gasteiger partial charge in [0.2, 0.25) is 11.8 Å². The van der Waals surface area contributed by atoms with Crippen molar-refractivity contribution in [1.29, 1.82) is 0 Å². The third-order valence-corrected chi connectivity index (χ3v) is 4.18. The summed E-state index contributed by atoms with van der Waals surface area (Å²) in [6.07, 6.45) is 2.21. The summed E-state index contributed by atoms with van der Waals surface area (Å²) in [5.41, 5.74) is 0.774. The Labute approximate surface area is 141 Å². The van der Waals surface area contributed by atoms with Crippen molar-refractivity contribution in [2.45, 2.75) is 38.6 Å². The van der Waals surface area contributed by atoms with Crippen LogP contribution in [-0.2, 0) is 14.4 Å². The van der Waals surface area contributed by atoms with Crippen molar-refractivity contribution in [2.24, 2.45) is 5.92 Å². The number of rotatable bonds is 7. The van der Waals surface area contributed by atoms with Gasteiger partial charge in [-0.2, -0.15) is 0 Å². The molecule has 2 amide bonds. The number of hydrogen-bond acceptors (Lipinski definition) is 3. The molecule has 0 spiro atoms. The second-order valence-electron chi connectivity index (χ2n) is 6.31. The van der Waals surface area contributed by atoms with Crippen LogP contribution in [0.5, 0.6) is 0 Å². The number of likely N-dealkylation sites (tertiary alicyclic amines) is 1. The zero-order valence-electron chi connectivity index (χ0n) is 13.9. The van der Waals surface area contributed by atoms with Crippen LogP contribution in [0.25, 0.3) is 0 Å². The van der Waals surface area contributed by atoms with E-state index < -0.39 is 12.0 Å². The standard InChI is InChI=1S/C18H24N2O4/c1-13(11-16(22)23)12-19-18(24)17(14-7-3-2-4-8-14)20-10-6-5-9-15(20)21/h2-4,7-8,13,17H,5-6,9-12H2,1H3,(H,19,24)(H,22,23). The van der Waals surface area contributed by atoms with E-state index in [0.29, 0.717) is 13.0 Å². The minimum absolute atomic E-state index is 0.00106. The van der Waals surface area contributed by atoms with Gasteiger partial charge in [-0.1, -0.05) is 37.3 Å². The maximum absolute atomic E-state index is 12.7. The van der Waals surface area contributed by atoms with E-state index in [1.54, 1.807) is 11.8 Å². The quantitative estimate of drug-likeness (QED) is 0.799. The number of aliphatic carboxylic acids is 1. The predicted molar refractivity (Wildman–Crippen MR) is 89.2 cm³/mol. The minimum Gasteiger partial charge on any atom is -0.481 e. The fraction of sp³-hybridized carbons (Fsp3) is 0.500. The van der Waals surface area contributed by atoms with Crippen LogP contribution >= 0.6 is 0 Å². The van der Waals surface area contributed by atoms with E-state index in [0.717, 1.165) is 18.4 Å². The predicted octanol–water partition coefficient (Wildman–Crippen LogP) is 1.97. The molecule has 1 fully saturated rings. The zero-order chi connectivity index (χ0) is 17.5. The summed E-state index contributed by atoms with van der Waals surface area (Å²) in [6, 6.07) is 8.58. The van der Waals surface area contributed by atoms with Crippen LogP contribution in [0.15, 0.2) is 30.3 Å². The number of hydrogen-bond donors (Lipinski definition) is 2. The highest BCUT2D eigenvalue weighted by atomic mass is 16.4. The Morgan fingerprint density at radius 1 is 1.25 bits per heavy atom. The Morgan fingerprint density at radius 2 is 1.96 bits per heavy atom. The number of carbonyl (C=O) groups excluding carboxylic acids is 2. The van der Waals surface area contributed by atoms with Crippen molar-refractivity contribution in [1.82, 2.24) is 10.2 Å². The van der Waals surface area contributed by atoms with Crippen LogP contribution < -0.4 is 5.32 Å². The summed E-state index contributed by atoms with van der Waals surface area (Å²) >= 11 is 0. The zero-order valence-corrected chi connectivity index (χ0v) is 13.9. The van der Waals surface area contributed by atoms with Crippen LogP contribution in [0.1, 0.15) is 44.2 Å². The van der Waals surface area contributed by atoms with Gasteiger partial charge in [-0.25, -0.2) is 0 Å². The van der Waals surface area contributed by atoms with Gasteiger partial charge in [-0.3, -0.25) is 14.4 Å². The Morgan fingerprint density at radius 3 is 2.58 bits per heavy atom. The molecule has 0 saturated carbocycles. The SMILES string of the molecule is CC(CNC(=O)C(c1ccccc1)N1CCCCC1=O)CC(=O)O. The lowest BCUT2D eigenvalue weighted by atomic mass is 10.00. The maximum atomic E-state index is 12.7. The fourth-order valence-electron chi connectivity index (χ4n) is 2.95. The van der Waals surface area contributed by atoms with Crippen molar-refractivity contribution < 1.29 is 19.5 Å². The first-order chi connectivity index (χ1) is 11.5. The molecule has 24 heavy (non-hydrogen) atoms. The van der Waals surface area contributed by atoms with Gasteiger partial charge in [-0.15, -0.1) is 0 Å². The first kappa shape index (κ1) is 18.0. The molecule has 6 nitrogen and oxygen atoms in total. The largest absolute Gasteiger partial charge is 0.481 e. The second-order valence-corrected chi connectivity index (χ2v) is 6.31. The number of amides is 2. The highest BCUT2D eigenvalue weighted by Gasteiger charge is 2.32. The highest BCUT2D eigenvalue weighted by molar-refractivity contribution is 5.89. The number of carboxylic acids is 1. The number of nitrogens with zero attached hydrogens (tertiary/aromatic N) is 1. The third kappa shape index (κ3) is 4.81. The molecule has 130 valence electrons. The molecule has 2 unspecified atom stereocenters. The maximum Gasteiger partial charge on any atom is 0.303 e. The summed E-state index contributed by atoms with van der Waals surface area (Å²) < 4.78 is 0. The molecule has 1 aromatic carbocycles. The number of carbonyl (C=O) groups is 3. The number of carboxylic acid groups (broad SMARTS) is 1. The Bertz CT molecular complexity index is 588. The van der Waals surface area contributed by atoms with Crippen LogP contribution in [0, 0.1) is 5.92 Å². The van der Waals surface area contributed by atoms with Gasteiger partial charge in [-0.05, 0) is 24.3 Å². The molecule has 0 aliphatic carbocycles. The molecule has 1 heterocycles. The van der Waals surface area contributed by atoms with Crippen molar-refractivity contribution in [2.75, 3.05) is 13.1 Å². The summed E-state index contributed by atoms with van der Waals surface area (Å²) in [7, 11) is 0. The molecule has 1 saturated heterocycles. The molecular weight excluding hydrogens is 308 g/mol. The van der Waals surface area contributed by atoms with E-state index in [4.69, 9.17) is 5.11 Å².